The molecule has 0 atom stereocenters. The maximum absolute atomic E-state index is 11.3. The van der Waals surface area contributed by atoms with Crippen molar-refractivity contribution in [3.63, 3.8) is 0 Å². The molecule has 0 N–H and O–H groups in total. The largest absolute Gasteiger partial charge is 0.314 e. The van der Waals surface area contributed by atoms with Crippen molar-refractivity contribution in [1.82, 2.24) is 0 Å². The molecule has 0 heterocycles. The Morgan fingerprint density at radius 3 is 2.38 bits per heavy atom. The van der Waals surface area contributed by atoms with E-state index in [0.29, 0.717) is 4.90 Å². The van der Waals surface area contributed by atoms with Crippen LogP contribution in [0.3, 0.4) is 0 Å². The fourth-order valence-electron chi connectivity index (χ4n) is 0.795. The Hall–Kier alpha value is -0.360. The molecule has 0 aliphatic heterocycles. The lowest BCUT2D eigenvalue weighted by Crippen LogP contribution is -1.76. The van der Waals surface area contributed by atoms with Crippen LogP contribution in [0.25, 0.3) is 0 Å². The van der Waals surface area contributed by atoms with Crippen LogP contribution in [-0.4, -0.2) is 14.2 Å². The second-order valence-electron chi connectivity index (χ2n) is 2.11. The molecule has 1 radical (unpaired) electrons. The van der Waals surface area contributed by atoms with Crippen LogP contribution in [0, 0.1) is 0 Å². The quantitative estimate of drug-likeness (QED) is 0.726. The van der Waals surface area contributed by atoms with Gasteiger partial charge < -0.3 is 8.37 Å². The van der Waals surface area contributed by atoms with Crippen molar-refractivity contribution in [3.8, 4) is 5.75 Å². The van der Waals surface area contributed by atoms with E-state index in [9.17, 15) is 5.11 Å². The molecule has 1 aromatic rings. The lowest BCUT2D eigenvalue weighted by atomic mass is 10.3. The molecule has 0 unspecified atom stereocenters. The number of rotatable bonds is 4. The normalized spacial score (nSPS) is 10.3. The Morgan fingerprint density at radius 2 is 1.85 bits per heavy atom. The van der Waals surface area contributed by atoms with Gasteiger partial charge in [-0.3, -0.25) is 5.11 Å². The molecule has 3 nitrogen and oxygen atoms in total. The Balaban J connectivity index is 2.79. The van der Waals surface area contributed by atoms with E-state index in [-0.39, 0.29) is 5.75 Å². The van der Waals surface area contributed by atoms with E-state index in [2.05, 4.69) is 0 Å². The molecule has 0 amide bonds. The summed E-state index contributed by atoms with van der Waals surface area (Å²) in [4.78, 5) is 1.39. The van der Waals surface area contributed by atoms with Gasteiger partial charge in [0.25, 0.3) is 0 Å². The second kappa shape index (κ2) is 5.39. The molecule has 71 valence electrons. The molecule has 13 heavy (non-hydrogen) atoms. The van der Waals surface area contributed by atoms with Crippen LogP contribution in [0.2, 0.25) is 0 Å². The van der Waals surface area contributed by atoms with Gasteiger partial charge in [0, 0.05) is 35.0 Å². The van der Waals surface area contributed by atoms with Gasteiger partial charge in [-0.2, -0.15) is 0 Å². The molecule has 0 saturated heterocycles. The van der Waals surface area contributed by atoms with Gasteiger partial charge in [-0.1, -0.05) is 0 Å². The van der Waals surface area contributed by atoms with Crippen molar-refractivity contribution < 1.29 is 13.5 Å². The Labute approximate surface area is 85.8 Å². The van der Waals surface area contributed by atoms with Crippen molar-refractivity contribution in [2.45, 2.75) is 9.79 Å². The van der Waals surface area contributed by atoms with Crippen LogP contribution in [0.15, 0.2) is 28.0 Å². The third-order valence-corrected chi connectivity index (χ3v) is 2.56. The van der Waals surface area contributed by atoms with E-state index in [1.54, 1.807) is 13.2 Å². The summed E-state index contributed by atoms with van der Waals surface area (Å²) in [5.41, 5.74) is 0. The molecule has 0 fully saturated rings. The van der Waals surface area contributed by atoms with Crippen molar-refractivity contribution in [3.05, 3.63) is 18.2 Å². The van der Waals surface area contributed by atoms with Gasteiger partial charge in [-0.15, -0.1) is 0 Å². The van der Waals surface area contributed by atoms with E-state index in [4.69, 9.17) is 8.37 Å². The maximum atomic E-state index is 11.3. The van der Waals surface area contributed by atoms with Gasteiger partial charge in [0.1, 0.15) is 0 Å². The van der Waals surface area contributed by atoms with Crippen LogP contribution < -0.4 is 0 Å². The molecular weight excluding hydrogens is 208 g/mol. The monoisotopic (exact) mass is 217 g/mol. The summed E-state index contributed by atoms with van der Waals surface area (Å²) in [6.45, 7) is 0. The predicted molar refractivity (Wildman–Crippen MR) is 52.3 cm³/mol. The molecule has 0 aromatic heterocycles. The van der Waals surface area contributed by atoms with E-state index < -0.39 is 0 Å². The Kier molecular flexibility index (Phi) is 4.44. The van der Waals surface area contributed by atoms with Crippen LogP contribution >= 0.6 is 24.1 Å². The summed E-state index contributed by atoms with van der Waals surface area (Å²) < 4.78 is 9.61. The number of hydrogen-bond donors (Lipinski definition) is 0. The van der Waals surface area contributed by atoms with Crippen LogP contribution in [0.4, 0.5) is 0 Å². The van der Waals surface area contributed by atoms with Gasteiger partial charge in [-0.25, -0.2) is 0 Å². The zero-order valence-electron chi connectivity index (χ0n) is 7.27. The van der Waals surface area contributed by atoms with Crippen LogP contribution in [0.1, 0.15) is 0 Å². The van der Waals surface area contributed by atoms with Crippen LogP contribution in [0.5, 0.6) is 5.75 Å². The van der Waals surface area contributed by atoms with Crippen LogP contribution in [-0.2, 0) is 13.5 Å². The zero-order valence-corrected chi connectivity index (χ0v) is 8.91. The first-order valence-corrected chi connectivity index (χ1v) is 4.98. The summed E-state index contributed by atoms with van der Waals surface area (Å²) >= 11 is 2.23. The van der Waals surface area contributed by atoms with Gasteiger partial charge in [0.15, 0.2) is 5.75 Å². The van der Waals surface area contributed by atoms with Crippen molar-refractivity contribution in [1.29, 1.82) is 0 Å². The minimum absolute atomic E-state index is 0.0473. The third kappa shape index (κ3) is 3.11. The first-order valence-electron chi connectivity index (χ1n) is 3.50. The smallest absolute Gasteiger partial charge is 0.195 e. The van der Waals surface area contributed by atoms with E-state index in [1.807, 2.05) is 6.07 Å². The molecule has 0 saturated carbocycles. The second-order valence-corrected chi connectivity index (χ2v) is 4.02. The van der Waals surface area contributed by atoms with Gasteiger partial charge in [0.05, 0.1) is 19.1 Å². The first kappa shape index (κ1) is 10.7. The highest BCUT2D eigenvalue weighted by Gasteiger charge is 2.05. The highest BCUT2D eigenvalue weighted by Crippen LogP contribution is 2.32. The molecule has 0 spiro atoms. The molecule has 1 rings (SSSR count). The van der Waals surface area contributed by atoms with Gasteiger partial charge in [-0.05, 0) is 12.1 Å². The van der Waals surface area contributed by atoms with E-state index in [1.165, 1.54) is 25.2 Å². The molecule has 1 aromatic carbocycles. The fraction of sp³-hybridized carbons (Fsp3) is 0.250. The summed E-state index contributed by atoms with van der Waals surface area (Å²) in [5.74, 6) is -0.0473. The topological polar surface area (TPSA) is 38.4 Å². The van der Waals surface area contributed by atoms with Gasteiger partial charge in [0.2, 0.25) is 0 Å². The molecule has 0 aliphatic rings. The van der Waals surface area contributed by atoms with Crippen molar-refractivity contribution in [2.75, 3.05) is 14.2 Å². The summed E-state index contributed by atoms with van der Waals surface area (Å²) in [6, 6.07) is 5.06. The van der Waals surface area contributed by atoms with E-state index >= 15 is 0 Å². The van der Waals surface area contributed by atoms with Gasteiger partial charge >= 0.3 is 0 Å². The Bertz CT molecular complexity index is 278. The maximum Gasteiger partial charge on any atom is 0.195 e. The Morgan fingerprint density at radius 1 is 1.15 bits per heavy atom. The summed E-state index contributed by atoms with van der Waals surface area (Å²) in [5, 5.41) is 11.3. The molecule has 0 bridgehead atoms. The average molecular weight is 217 g/mol. The molecular formula is C8H9O3S2. The summed E-state index contributed by atoms with van der Waals surface area (Å²) in [6.07, 6.45) is 0. The fourth-order valence-corrected chi connectivity index (χ4v) is 1.71. The third-order valence-electron chi connectivity index (χ3n) is 1.27. The minimum Gasteiger partial charge on any atom is -0.314 e. The lowest BCUT2D eigenvalue weighted by Gasteiger charge is -2.01. The number of benzene rings is 1. The highest BCUT2D eigenvalue weighted by molar-refractivity contribution is 7.95. The van der Waals surface area contributed by atoms with Crippen molar-refractivity contribution >= 4 is 24.1 Å². The first-order chi connectivity index (χ1) is 6.27. The predicted octanol–water partition coefficient (Wildman–Crippen LogP) is 3.14. The minimum atomic E-state index is -0.0473. The molecule has 5 heteroatoms. The summed E-state index contributed by atoms with van der Waals surface area (Å²) in [7, 11) is 3.09. The number of hydrogen-bond acceptors (Lipinski definition) is 4. The molecule has 0 aliphatic carbocycles. The standard InChI is InChI=1S/C8H9O3S2/c1-10-12-6-3-4-8(13-11-2)7(9)5-6/h3-5H,1-2H3. The SMILES string of the molecule is COSc1ccc(SOC)c([O])c1. The van der Waals surface area contributed by atoms with E-state index in [0.717, 1.165) is 16.9 Å². The van der Waals surface area contributed by atoms with Crippen molar-refractivity contribution in [2.24, 2.45) is 0 Å². The zero-order chi connectivity index (χ0) is 9.68. The average Bonchev–Trinajstić information content (AvgIpc) is 2.10. The lowest BCUT2D eigenvalue weighted by molar-refractivity contribution is 0.341. The highest BCUT2D eigenvalue weighted by atomic mass is 32.2.